The maximum absolute atomic E-state index is 10.8. The molecule has 0 aliphatic rings. The lowest BCUT2D eigenvalue weighted by Gasteiger charge is -1.93. The van der Waals surface area contributed by atoms with Gasteiger partial charge in [-0.3, -0.25) is 4.79 Å². The number of nitrogens with two attached hydrogens (primary N) is 2. The molecule has 72 valence electrons. The monoisotopic (exact) mass is 193 g/mol. The standard InChI is InChI=1S/C7H15N3O.ClH/c1-2-3-4-5-6(11)10-7(8)9;/h2-5H2,1H3,(H4,8,9,10,11);1H. The molecule has 0 aliphatic heterocycles. The fourth-order valence-electron chi connectivity index (χ4n) is 0.726. The lowest BCUT2D eigenvalue weighted by Crippen LogP contribution is -2.24. The zero-order valence-corrected chi connectivity index (χ0v) is 8.06. The number of hydrogen-bond donors (Lipinski definition) is 2. The van der Waals surface area contributed by atoms with E-state index in [-0.39, 0.29) is 24.3 Å². The van der Waals surface area contributed by atoms with Crippen LogP contribution in [0.2, 0.25) is 0 Å². The van der Waals surface area contributed by atoms with Gasteiger partial charge in [-0.2, -0.15) is 4.99 Å². The van der Waals surface area contributed by atoms with Crippen molar-refractivity contribution >= 4 is 24.3 Å². The molecule has 1 amide bonds. The molecule has 0 radical (unpaired) electrons. The molecule has 0 atom stereocenters. The summed E-state index contributed by atoms with van der Waals surface area (Å²) in [5, 5.41) is 0. The Labute approximate surface area is 78.8 Å². The summed E-state index contributed by atoms with van der Waals surface area (Å²) in [6.07, 6.45) is 3.46. The Morgan fingerprint density at radius 2 is 1.92 bits per heavy atom. The number of unbranched alkanes of at least 4 members (excludes halogenated alkanes) is 2. The van der Waals surface area contributed by atoms with E-state index in [1.54, 1.807) is 0 Å². The first-order chi connectivity index (χ1) is 5.16. The maximum Gasteiger partial charge on any atom is 0.248 e. The Bertz CT molecular complexity index is 155. The molecule has 0 spiro atoms. The third-order valence-electron chi connectivity index (χ3n) is 1.25. The van der Waals surface area contributed by atoms with Crippen LogP contribution in [-0.4, -0.2) is 11.9 Å². The average Bonchev–Trinajstić information content (AvgIpc) is 1.86. The Morgan fingerprint density at radius 1 is 1.33 bits per heavy atom. The minimum absolute atomic E-state index is 0. The Balaban J connectivity index is 0. The van der Waals surface area contributed by atoms with Gasteiger partial charge < -0.3 is 11.5 Å². The zero-order valence-electron chi connectivity index (χ0n) is 7.25. The van der Waals surface area contributed by atoms with Crippen LogP contribution in [0.3, 0.4) is 0 Å². The number of guanidine groups is 1. The van der Waals surface area contributed by atoms with Crippen molar-refractivity contribution in [3.63, 3.8) is 0 Å². The number of amides is 1. The summed E-state index contributed by atoms with van der Waals surface area (Å²) in [5.41, 5.74) is 10.0. The molecule has 4 nitrogen and oxygen atoms in total. The molecule has 0 heterocycles. The van der Waals surface area contributed by atoms with Gasteiger partial charge in [0.2, 0.25) is 5.91 Å². The largest absolute Gasteiger partial charge is 0.370 e. The lowest BCUT2D eigenvalue weighted by atomic mass is 10.2. The second kappa shape index (κ2) is 8.33. The van der Waals surface area contributed by atoms with Gasteiger partial charge in [0.05, 0.1) is 0 Å². The molecular formula is C7H16ClN3O. The number of rotatable bonds is 4. The van der Waals surface area contributed by atoms with Crippen LogP contribution in [0.15, 0.2) is 4.99 Å². The Hall–Kier alpha value is -0.770. The minimum Gasteiger partial charge on any atom is -0.370 e. The smallest absolute Gasteiger partial charge is 0.248 e. The van der Waals surface area contributed by atoms with Crippen molar-refractivity contribution in [3.05, 3.63) is 0 Å². The first-order valence-electron chi connectivity index (χ1n) is 3.79. The number of carbonyl (C=O) groups excluding carboxylic acids is 1. The van der Waals surface area contributed by atoms with E-state index in [1.165, 1.54) is 0 Å². The molecule has 0 saturated carbocycles. The summed E-state index contributed by atoms with van der Waals surface area (Å²) >= 11 is 0. The summed E-state index contributed by atoms with van der Waals surface area (Å²) in [6, 6.07) is 0. The van der Waals surface area contributed by atoms with Gasteiger partial charge in [0.15, 0.2) is 5.96 Å². The topological polar surface area (TPSA) is 81.5 Å². The van der Waals surface area contributed by atoms with E-state index in [2.05, 4.69) is 11.9 Å². The molecule has 0 rings (SSSR count). The van der Waals surface area contributed by atoms with Crippen molar-refractivity contribution in [1.29, 1.82) is 0 Å². The van der Waals surface area contributed by atoms with E-state index in [0.717, 1.165) is 19.3 Å². The summed E-state index contributed by atoms with van der Waals surface area (Å²) in [6.45, 7) is 2.07. The SMILES string of the molecule is CCCCCC(=O)N=C(N)N.Cl. The quantitative estimate of drug-likeness (QED) is 0.394. The van der Waals surface area contributed by atoms with Crippen LogP contribution < -0.4 is 11.5 Å². The van der Waals surface area contributed by atoms with Gasteiger partial charge in [-0.1, -0.05) is 19.8 Å². The second-order valence-corrected chi connectivity index (χ2v) is 2.39. The number of carbonyl (C=O) groups is 1. The van der Waals surface area contributed by atoms with E-state index in [9.17, 15) is 4.79 Å². The van der Waals surface area contributed by atoms with Crippen LogP contribution in [0.5, 0.6) is 0 Å². The van der Waals surface area contributed by atoms with Crippen LogP contribution in [0.25, 0.3) is 0 Å². The van der Waals surface area contributed by atoms with E-state index in [4.69, 9.17) is 11.5 Å². The van der Waals surface area contributed by atoms with Gasteiger partial charge in [-0.05, 0) is 6.42 Å². The van der Waals surface area contributed by atoms with Gasteiger partial charge >= 0.3 is 0 Å². The van der Waals surface area contributed by atoms with Crippen LogP contribution in [0.1, 0.15) is 32.6 Å². The number of nitrogens with zero attached hydrogens (tertiary/aromatic N) is 1. The zero-order chi connectivity index (χ0) is 8.69. The molecule has 0 unspecified atom stereocenters. The summed E-state index contributed by atoms with van der Waals surface area (Å²) in [7, 11) is 0. The maximum atomic E-state index is 10.8. The van der Waals surface area contributed by atoms with Crippen molar-refractivity contribution < 1.29 is 4.79 Å². The third-order valence-corrected chi connectivity index (χ3v) is 1.25. The molecule has 0 saturated heterocycles. The summed E-state index contributed by atoms with van der Waals surface area (Å²) in [4.78, 5) is 14.2. The number of halogens is 1. The van der Waals surface area contributed by atoms with Gasteiger partial charge in [0.25, 0.3) is 0 Å². The van der Waals surface area contributed by atoms with Crippen LogP contribution in [-0.2, 0) is 4.79 Å². The predicted octanol–water partition coefficient (Wildman–Crippen LogP) is 0.789. The van der Waals surface area contributed by atoms with Gasteiger partial charge in [-0.15, -0.1) is 12.4 Å². The molecule has 5 heteroatoms. The molecule has 0 aromatic rings. The highest BCUT2D eigenvalue weighted by Gasteiger charge is 1.97. The first kappa shape index (κ1) is 13.8. The van der Waals surface area contributed by atoms with E-state index < -0.39 is 0 Å². The molecule has 0 fully saturated rings. The fourth-order valence-corrected chi connectivity index (χ4v) is 0.726. The predicted molar refractivity (Wildman–Crippen MR) is 52.2 cm³/mol. The van der Waals surface area contributed by atoms with Crippen molar-refractivity contribution in [2.24, 2.45) is 16.5 Å². The van der Waals surface area contributed by atoms with Gasteiger partial charge in [0, 0.05) is 6.42 Å². The molecule has 4 N–H and O–H groups in total. The van der Waals surface area contributed by atoms with Crippen molar-refractivity contribution in [2.45, 2.75) is 32.6 Å². The van der Waals surface area contributed by atoms with Crippen LogP contribution in [0.4, 0.5) is 0 Å². The molecule has 0 aromatic carbocycles. The highest BCUT2D eigenvalue weighted by atomic mass is 35.5. The third kappa shape index (κ3) is 9.23. The Morgan fingerprint density at radius 3 is 2.33 bits per heavy atom. The van der Waals surface area contributed by atoms with Crippen molar-refractivity contribution in [3.8, 4) is 0 Å². The molecule has 0 aliphatic carbocycles. The van der Waals surface area contributed by atoms with Gasteiger partial charge in [-0.25, -0.2) is 0 Å². The molecule has 0 aromatic heterocycles. The van der Waals surface area contributed by atoms with Crippen LogP contribution >= 0.6 is 12.4 Å². The van der Waals surface area contributed by atoms with E-state index in [0.29, 0.717) is 6.42 Å². The fraction of sp³-hybridized carbons (Fsp3) is 0.714. The highest BCUT2D eigenvalue weighted by molar-refractivity contribution is 5.91. The molecular weight excluding hydrogens is 178 g/mol. The second-order valence-electron chi connectivity index (χ2n) is 2.39. The number of hydrogen-bond acceptors (Lipinski definition) is 1. The van der Waals surface area contributed by atoms with E-state index >= 15 is 0 Å². The Kier molecular flexibility index (Phi) is 9.57. The molecule has 0 bridgehead atoms. The lowest BCUT2D eigenvalue weighted by molar-refractivity contribution is -0.117. The normalized spacial score (nSPS) is 8.42. The van der Waals surface area contributed by atoms with Crippen molar-refractivity contribution in [2.75, 3.05) is 0 Å². The van der Waals surface area contributed by atoms with E-state index in [1.807, 2.05) is 0 Å². The van der Waals surface area contributed by atoms with Crippen molar-refractivity contribution in [1.82, 2.24) is 0 Å². The molecule has 12 heavy (non-hydrogen) atoms. The summed E-state index contributed by atoms with van der Waals surface area (Å²) < 4.78 is 0. The first-order valence-corrected chi connectivity index (χ1v) is 3.79. The number of aliphatic imine (C=N–C) groups is 1. The minimum atomic E-state index is -0.224. The average molecular weight is 194 g/mol. The summed E-state index contributed by atoms with van der Waals surface area (Å²) in [5.74, 6) is -0.370. The van der Waals surface area contributed by atoms with Gasteiger partial charge in [0.1, 0.15) is 0 Å². The highest BCUT2D eigenvalue weighted by Crippen LogP contribution is 1.99. The van der Waals surface area contributed by atoms with Crippen LogP contribution in [0, 0.1) is 0 Å².